The fourth-order valence-electron chi connectivity index (χ4n) is 2.05. The van der Waals surface area contributed by atoms with E-state index in [1.165, 1.54) is 12.1 Å². The number of halogens is 3. The zero-order valence-electron chi connectivity index (χ0n) is 12.0. The molecule has 0 bridgehead atoms. The second-order valence-corrected chi connectivity index (χ2v) is 4.89. The van der Waals surface area contributed by atoms with E-state index in [-0.39, 0.29) is 5.89 Å². The fraction of sp³-hybridized carbons (Fsp3) is 0.0625. The molecule has 0 N–H and O–H groups in total. The first-order valence-electron chi connectivity index (χ1n) is 6.76. The number of aromatic nitrogens is 2. The van der Waals surface area contributed by atoms with Crippen LogP contribution in [0.2, 0.25) is 0 Å². The Labute approximate surface area is 133 Å². The quantitative estimate of drug-likeness (QED) is 0.688. The molecule has 24 heavy (non-hydrogen) atoms. The molecule has 0 unspecified atom stereocenters. The molecule has 5 nitrogen and oxygen atoms in total. The molecule has 3 rings (SSSR count). The summed E-state index contributed by atoms with van der Waals surface area (Å²) < 4.78 is 45.2. The molecule has 0 radical (unpaired) electrons. The number of ketones is 1. The average Bonchev–Trinajstić information content (AvgIpc) is 2.91. The Kier molecular flexibility index (Phi) is 4.03. The third-order valence-corrected chi connectivity index (χ3v) is 3.22. The van der Waals surface area contributed by atoms with Gasteiger partial charge < -0.3 is 4.42 Å². The van der Waals surface area contributed by atoms with Crippen LogP contribution in [-0.2, 0) is 6.54 Å². The minimum Gasteiger partial charge on any atom is -0.388 e. The lowest BCUT2D eigenvalue weighted by atomic mass is 10.1. The standard InChI is InChI=1S/C16H9F3N2O3/c17-10-3-1-9(2-4-10)15-20-21(16(23)24-15)8-14(22)12-7-11(18)5-6-13(12)19/h1-7H,8H2. The normalized spacial score (nSPS) is 10.8. The van der Waals surface area contributed by atoms with Gasteiger partial charge in [-0.2, -0.15) is 4.68 Å². The van der Waals surface area contributed by atoms with Gasteiger partial charge in [0.2, 0.25) is 5.89 Å². The number of nitrogens with zero attached hydrogens (tertiary/aromatic N) is 2. The van der Waals surface area contributed by atoms with Gasteiger partial charge in [0.1, 0.15) is 24.0 Å². The Balaban J connectivity index is 1.88. The molecule has 0 fully saturated rings. The summed E-state index contributed by atoms with van der Waals surface area (Å²) in [5.41, 5.74) is -0.162. The maximum Gasteiger partial charge on any atom is 0.437 e. The van der Waals surface area contributed by atoms with Crippen LogP contribution < -0.4 is 5.76 Å². The number of carbonyl (C=O) groups is 1. The van der Waals surface area contributed by atoms with E-state index in [9.17, 15) is 22.8 Å². The Hall–Kier alpha value is -3.16. The van der Waals surface area contributed by atoms with Crippen LogP contribution in [0.25, 0.3) is 11.5 Å². The molecular formula is C16H9F3N2O3. The highest BCUT2D eigenvalue weighted by molar-refractivity contribution is 5.96. The van der Waals surface area contributed by atoms with Gasteiger partial charge in [-0.3, -0.25) is 4.79 Å². The Morgan fingerprint density at radius 2 is 1.71 bits per heavy atom. The first-order valence-corrected chi connectivity index (χ1v) is 6.76. The average molecular weight is 334 g/mol. The van der Waals surface area contributed by atoms with Crippen LogP contribution in [0.4, 0.5) is 13.2 Å². The molecule has 0 amide bonds. The van der Waals surface area contributed by atoms with Crippen LogP contribution in [0.1, 0.15) is 10.4 Å². The topological polar surface area (TPSA) is 65.1 Å². The van der Waals surface area contributed by atoms with Crippen molar-refractivity contribution in [2.24, 2.45) is 0 Å². The summed E-state index contributed by atoms with van der Waals surface area (Å²) in [6, 6.07) is 7.43. The molecule has 0 saturated heterocycles. The molecule has 0 aliphatic rings. The molecule has 0 aliphatic heterocycles. The molecule has 1 heterocycles. The van der Waals surface area contributed by atoms with Gasteiger partial charge in [0.15, 0.2) is 5.78 Å². The van der Waals surface area contributed by atoms with Crippen LogP contribution in [0.3, 0.4) is 0 Å². The Bertz CT molecular complexity index is 961. The lowest BCUT2D eigenvalue weighted by molar-refractivity contribution is 0.0960. The summed E-state index contributed by atoms with van der Waals surface area (Å²) in [6.45, 7) is -0.621. The van der Waals surface area contributed by atoms with Gasteiger partial charge in [0.25, 0.3) is 0 Å². The van der Waals surface area contributed by atoms with E-state index >= 15 is 0 Å². The van der Waals surface area contributed by atoms with Crippen molar-refractivity contribution in [3.63, 3.8) is 0 Å². The minimum absolute atomic E-state index is 0.118. The van der Waals surface area contributed by atoms with Gasteiger partial charge >= 0.3 is 5.76 Å². The van der Waals surface area contributed by atoms with Crippen molar-refractivity contribution in [2.45, 2.75) is 6.54 Å². The summed E-state index contributed by atoms with van der Waals surface area (Å²) in [7, 11) is 0. The summed E-state index contributed by atoms with van der Waals surface area (Å²) in [6.07, 6.45) is 0. The van der Waals surface area contributed by atoms with Crippen molar-refractivity contribution in [1.29, 1.82) is 0 Å². The molecule has 122 valence electrons. The van der Waals surface area contributed by atoms with Crippen LogP contribution in [0, 0.1) is 17.5 Å². The first kappa shape index (κ1) is 15.7. The van der Waals surface area contributed by atoms with Gasteiger partial charge in [-0.15, -0.1) is 5.10 Å². The van der Waals surface area contributed by atoms with Crippen LogP contribution in [0.5, 0.6) is 0 Å². The minimum atomic E-state index is -0.945. The van der Waals surface area contributed by atoms with E-state index in [2.05, 4.69) is 5.10 Å². The molecular weight excluding hydrogens is 325 g/mol. The highest BCUT2D eigenvalue weighted by atomic mass is 19.1. The number of rotatable bonds is 4. The third-order valence-electron chi connectivity index (χ3n) is 3.22. The van der Waals surface area contributed by atoms with E-state index < -0.39 is 41.1 Å². The van der Waals surface area contributed by atoms with Crippen molar-refractivity contribution in [2.75, 3.05) is 0 Å². The van der Waals surface area contributed by atoms with Gasteiger partial charge in [0.05, 0.1) is 5.56 Å². The van der Waals surface area contributed by atoms with Crippen LogP contribution in [0.15, 0.2) is 51.7 Å². The Morgan fingerprint density at radius 3 is 2.42 bits per heavy atom. The molecule has 0 atom stereocenters. The monoisotopic (exact) mass is 334 g/mol. The predicted octanol–water partition coefficient (Wildman–Crippen LogP) is 2.80. The fourth-order valence-corrected chi connectivity index (χ4v) is 2.05. The molecule has 0 spiro atoms. The maximum absolute atomic E-state index is 13.6. The number of hydrogen-bond donors (Lipinski definition) is 0. The van der Waals surface area contributed by atoms with Gasteiger partial charge in [-0.1, -0.05) is 0 Å². The summed E-state index contributed by atoms with van der Waals surface area (Å²) in [4.78, 5) is 23.8. The first-order chi connectivity index (χ1) is 11.4. The highest BCUT2D eigenvalue weighted by Crippen LogP contribution is 2.16. The lowest BCUT2D eigenvalue weighted by Crippen LogP contribution is -2.22. The third kappa shape index (κ3) is 3.12. The predicted molar refractivity (Wildman–Crippen MR) is 76.8 cm³/mol. The van der Waals surface area contributed by atoms with Crippen molar-refractivity contribution in [3.8, 4) is 11.5 Å². The smallest absolute Gasteiger partial charge is 0.388 e. The summed E-state index contributed by atoms with van der Waals surface area (Å²) in [5.74, 6) is -4.06. The molecule has 8 heteroatoms. The van der Waals surface area contributed by atoms with E-state index in [1.54, 1.807) is 0 Å². The van der Waals surface area contributed by atoms with Crippen molar-refractivity contribution in [3.05, 3.63) is 76.0 Å². The van der Waals surface area contributed by atoms with Crippen LogP contribution >= 0.6 is 0 Å². The van der Waals surface area contributed by atoms with Crippen molar-refractivity contribution in [1.82, 2.24) is 9.78 Å². The van der Waals surface area contributed by atoms with Gasteiger partial charge in [-0.25, -0.2) is 18.0 Å². The molecule has 3 aromatic rings. The number of Topliss-reactive ketones (excluding diaryl/α,β-unsaturated/α-hetero) is 1. The largest absolute Gasteiger partial charge is 0.437 e. The number of carbonyl (C=O) groups excluding carboxylic acids is 1. The maximum atomic E-state index is 13.6. The second kappa shape index (κ2) is 6.15. The van der Waals surface area contributed by atoms with Crippen molar-refractivity contribution < 1.29 is 22.4 Å². The molecule has 0 aliphatic carbocycles. The van der Waals surface area contributed by atoms with Crippen molar-refractivity contribution >= 4 is 5.78 Å². The number of benzene rings is 2. The van der Waals surface area contributed by atoms with Gasteiger partial charge in [-0.05, 0) is 42.5 Å². The molecule has 2 aromatic carbocycles. The summed E-state index contributed by atoms with van der Waals surface area (Å²) >= 11 is 0. The van der Waals surface area contributed by atoms with E-state index in [1.807, 2.05) is 0 Å². The zero-order valence-corrected chi connectivity index (χ0v) is 12.0. The highest BCUT2D eigenvalue weighted by Gasteiger charge is 2.17. The Morgan fingerprint density at radius 1 is 1.04 bits per heavy atom. The molecule has 0 saturated carbocycles. The van der Waals surface area contributed by atoms with Gasteiger partial charge in [0, 0.05) is 5.56 Å². The van der Waals surface area contributed by atoms with E-state index in [0.717, 1.165) is 30.3 Å². The molecule has 1 aromatic heterocycles. The summed E-state index contributed by atoms with van der Waals surface area (Å²) in [5, 5.41) is 3.81. The van der Waals surface area contributed by atoms with Crippen LogP contribution in [-0.4, -0.2) is 15.6 Å². The second-order valence-electron chi connectivity index (χ2n) is 4.89. The zero-order chi connectivity index (χ0) is 17.3. The van der Waals surface area contributed by atoms with E-state index in [4.69, 9.17) is 4.42 Å². The van der Waals surface area contributed by atoms with E-state index in [0.29, 0.717) is 10.2 Å². The lowest BCUT2D eigenvalue weighted by Gasteiger charge is -2.01. The number of hydrogen-bond acceptors (Lipinski definition) is 4. The SMILES string of the molecule is O=C(Cn1nc(-c2ccc(F)cc2)oc1=O)c1cc(F)ccc1F.